The first kappa shape index (κ1) is 16.4. The van der Waals surface area contributed by atoms with Gasteiger partial charge in [-0.25, -0.2) is 18.4 Å². The Morgan fingerprint density at radius 1 is 1.21 bits per heavy atom. The Morgan fingerprint density at radius 2 is 2.00 bits per heavy atom. The Morgan fingerprint density at radius 3 is 2.67 bits per heavy atom. The van der Waals surface area contributed by atoms with Crippen molar-refractivity contribution >= 4 is 26.6 Å². The molecule has 24 heavy (non-hydrogen) atoms. The van der Waals surface area contributed by atoms with E-state index in [1.807, 2.05) is 18.1 Å². The minimum Gasteiger partial charge on any atom is -0.355 e. The third-order valence-corrected chi connectivity index (χ3v) is 5.08. The maximum Gasteiger partial charge on any atom is 0.175 e. The van der Waals surface area contributed by atoms with Crippen LogP contribution in [-0.2, 0) is 22.9 Å². The van der Waals surface area contributed by atoms with Gasteiger partial charge in [0.1, 0.15) is 12.1 Å². The smallest absolute Gasteiger partial charge is 0.175 e. The van der Waals surface area contributed by atoms with Crippen molar-refractivity contribution < 1.29 is 8.42 Å². The number of fused-ring (bicyclic) bond motifs is 1. The normalized spacial score (nSPS) is 11.8. The Bertz CT molecular complexity index is 979. The molecular formula is C17H20N4O2S. The van der Waals surface area contributed by atoms with Crippen molar-refractivity contribution in [3.05, 3.63) is 48.5 Å². The highest BCUT2D eigenvalue weighted by molar-refractivity contribution is 7.90. The van der Waals surface area contributed by atoms with Crippen molar-refractivity contribution in [1.29, 1.82) is 0 Å². The summed E-state index contributed by atoms with van der Waals surface area (Å²) >= 11 is 0. The van der Waals surface area contributed by atoms with Crippen LogP contribution in [0.3, 0.4) is 0 Å². The van der Waals surface area contributed by atoms with Crippen LogP contribution >= 0.6 is 0 Å². The molecule has 0 radical (unpaired) electrons. The summed E-state index contributed by atoms with van der Waals surface area (Å²) in [5, 5.41) is 0.734. The van der Waals surface area contributed by atoms with Crippen molar-refractivity contribution in [2.75, 3.05) is 18.2 Å². The summed E-state index contributed by atoms with van der Waals surface area (Å²) in [5.41, 5.74) is 1.90. The van der Waals surface area contributed by atoms with Gasteiger partial charge in [-0.15, -0.1) is 0 Å². The quantitative estimate of drug-likeness (QED) is 0.711. The monoisotopic (exact) mass is 344 g/mol. The lowest BCUT2D eigenvalue weighted by atomic mass is 10.2. The van der Waals surface area contributed by atoms with E-state index in [1.54, 1.807) is 18.2 Å². The predicted molar refractivity (Wildman–Crippen MR) is 94.9 cm³/mol. The van der Waals surface area contributed by atoms with Crippen LogP contribution in [0.1, 0.15) is 12.5 Å². The van der Waals surface area contributed by atoms with Gasteiger partial charge < -0.3 is 9.47 Å². The van der Waals surface area contributed by atoms with Crippen LogP contribution < -0.4 is 4.90 Å². The molecule has 3 rings (SSSR count). The lowest BCUT2D eigenvalue weighted by Gasteiger charge is -2.19. The molecule has 0 saturated carbocycles. The second-order valence-electron chi connectivity index (χ2n) is 5.85. The summed E-state index contributed by atoms with van der Waals surface area (Å²) in [6.07, 6.45) is 6.85. The van der Waals surface area contributed by atoms with E-state index in [0.717, 1.165) is 23.3 Å². The van der Waals surface area contributed by atoms with Crippen LogP contribution in [0.4, 0.5) is 5.82 Å². The molecule has 6 nitrogen and oxygen atoms in total. The average molecular weight is 344 g/mol. The Balaban J connectivity index is 2.01. The molecule has 1 aromatic carbocycles. The van der Waals surface area contributed by atoms with Crippen LogP contribution in [0, 0.1) is 0 Å². The summed E-state index contributed by atoms with van der Waals surface area (Å²) in [5.74, 6) is 0.717. The molecule has 2 aromatic heterocycles. The summed E-state index contributed by atoms with van der Waals surface area (Å²) in [6, 6.07) is 7.02. The number of nitrogens with zero attached hydrogens (tertiary/aromatic N) is 4. The maximum atomic E-state index is 11.8. The van der Waals surface area contributed by atoms with Crippen LogP contribution in [0.25, 0.3) is 10.9 Å². The highest BCUT2D eigenvalue weighted by Gasteiger charge is 2.14. The third-order valence-electron chi connectivity index (χ3n) is 3.97. The number of anilines is 1. The minimum absolute atomic E-state index is 0.275. The van der Waals surface area contributed by atoms with Crippen LogP contribution in [0.15, 0.2) is 47.9 Å². The SMILES string of the molecule is CCn1ccc(CN(C)c2ncnc3ccc(S(C)(=O)=O)cc23)c1. The summed E-state index contributed by atoms with van der Waals surface area (Å²) in [7, 11) is -1.33. The van der Waals surface area contributed by atoms with E-state index in [1.165, 1.54) is 18.1 Å². The molecule has 0 aliphatic rings. The first-order valence-electron chi connectivity index (χ1n) is 7.69. The summed E-state index contributed by atoms with van der Waals surface area (Å²) in [4.78, 5) is 10.9. The predicted octanol–water partition coefficient (Wildman–Crippen LogP) is 2.49. The number of hydrogen-bond acceptors (Lipinski definition) is 5. The van der Waals surface area contributed by atoms with Crippen molar-refractivity contribution in [3.8, 4) is 0 Å². The molecule has 0 amide bonds. The van der Waals surface area contributed by atoms with Crippen LogP contribution in [-0.4, -0.2) is 36.3 Å². The van der Waals surface area contributed by atoms with Gasteiger partial charge in [-0.1, -0.05) is 0 Å². The number of aromatic nitrogens is 3. The molecule has 0 bridgehead atoms. The zero-order valence-electron chi connectivity index (χ0n) is 14.0. The molecule has 0 aliphatic carbocycles. The number of rotatable bonds is 5. The Hall–Kier alpha value is -2.41. The summed E-state index contributed by atoms with van der Waals surface area (Å²) in [6.45, 7) is 3.71. The highest BCUT2D eigenvalue weighted by Crippen LogP contribution is 2.26. The first-order valence-corrected chi connectivity index (χ1v) is 9.58. The largest absolute Gasteiger partial charge is 0.355 e. The van der Waals surface area contributed by atoms with Gasteiger partial charge in [-0.2, -0.15) is 0 Å². The second kappa shape index (κ2) is 6.24. The van der Waals surface area contributed by atoms with Crippen molar-refractivity contribution in [2.45, 2.75) is 24.9 Å². The van der Waals surface area contributed by atoms with E-state index in [4.69, 9.17) is 0 Å². The van der Waals surface area contributed by atoms with E-state index >= 15 is 0 Å². The van der Waals surface area contributed by atoms with Gasteiger partial charge >= 0.3 is 0 Å². The number of aryl methyl sites for hydroxylation is 1. The zero-order chi connectivity index (χ0) is 17.3. The fourth-order valence-corrected chi connectivity index (χ4v) is 3.33. The molecule has 126 valence electrons. The van der Waals surface area contributed by atoms with E-state index < -0.39 is 9.84 Å². The maximum absolute atomic E-state index is 11.8. The second-order valence-corrected chi connectivity index (χ2v) is 7.87. The molecule has 0 fully saturated rings. The van der Waals surface area contributed by atoms with E-state index in [2.05, 4.69) is 33.7 Å². The van der Waals surface area contributed by atoms with E-state index in [-0.39, 0.29) is 4.90 Å². The number of hydrogen-bond donors (Lipinski definition) is 0. The van der Waals surface area contributed by atoms with Gasteiger partial charge in [-0.3, -0.25) is 0 Å². The van der Waals surface area contributed by atoms with Crippen LogP contribution in [0.2, 0.25) is 0 Å². The van der Waals surface area contributed by atoms with Gasteiger partial charge in [0.2, 0.25) is 0 Å². The summed E-state index contributed by atoms with van der Waals surface area (Å²) < 4.78 is 25.8. The van der Waals surface area contributed by atoms with Crippen molar-refractivity contribution in [2.24, 2.45) is 0 Å². The van der Waals surface area contributed by atoms with Gasteiger partial charge in [0.15, 0.2) is 9.84 Å². The van der Waals surface area contributed by atoms with Gasteiger partial charge in [-0.05, 0) is 36.8 Å². The van der Waals surface area contributed by atoms with E-state index in [9.17, 15) is 8.42 Å². The molecule has 0 N–H and O–H groups in total. The molecule has 0 atom stereocenters. The molecule has 2 heterocycles. The van der Waals surface area contributed by atoms with Gasteiger partial charge in [0, 0.05) is 44.2 Å². The molecule has 0 unspecified atom stereocenters. The molecule has 3 aromatic rings. The van der Waals surface area contributed by atoms with Crippen LogP contribution in [0.5, 0.6) is 0 Å². The number of benzene rings is 1. The Labute approximate surface area is 141 Å². The first-order chi connectivity index (χ1) is 11.4. The van der Waals surface area contributed by atoms with Crippen molar-refractivity contribution in [3.63, 3.8) is 0 Å². The fourth-order valence-electron chi connectivity index (χ4n) is 2.69. The lowest BCUT2D eigenvalue weighted by Crippen LogP contribution is -2.18. The molecule has 0 spiro atoms. The number of sulfone groups is 1. The average Bonchev–Trinajstić information content (AvgIpc) is 3.00. The van der Waals surface area contributed by atoms with Gasteiger partial charge in [0.25, 0.3) is 0 Å². The lowest BCUT2D eigenvalue weighted by molar-refractivity contribution is 0.602. The van der Waals surface area contributed by atoms with E-state index in [0.29, 0.717) is 6.54 Å². The minimum atomic E-state index is -3.27. The standard InChI is InChI=1S/C17H20N4O2S/c1-4-21-8-7-13(11-21)10-20(2)17-15-9-14(24(3,22)23)5-6-16(15)18-12-19-17/h5-9,11-12H,4,10H2,1-3H3. The molecule has 0 aliphatic heterocycles. The topological polar surface area (TPSA) is 68.1 Å². The van der Waals surface area contributed by atoms with Crippen molar-refractivity contribution in [1.82, 2.24) is 14.5 Å². The molecular weight excluding hydrogens is 324 g/mol. The zero-order valence-corrected chi connectivity index (χ0v) is 14.8. The molecule has 7 heteroatoms. The van der Waals surface area contributed by atoms with Gasteiger partial charge in [0.05, 0.1) is 10.4 Å². The fraction of sp³-hybridized carbons (Fsp3) is 0.294. The third kappa shape index (κ3) is 3.26. The highest BCUT2D eigenvalue weighted by atomic mass is 32.2. The Kier molecular flexibility index (Phi) is 4.28. The molecule has 0 saturated heterocycles.